The Bertz CT molecular complexity index is 1020. The molecule has 0 atom stereocenters. The van der Waals surface area contributed by atoms with Crippen molar-refractivity contribution in [3.8, 4) is 11.5 Å². The van der Waals surface area contributed by atoms with Gasteiger partial charge in [0.05, 0.1) is 17.3 Å². The Kier molecular flexibility index (Phi) is 6.76. The van der Waals surface area contributed by atoms with Crippen molar-refractivity contribution in [3.63, 3.8) is 0 Å². The monoisotopic (exact) mass is 457 g/mol. The maximum atomic E-state index is 6.04. The zero-order chi connectivity index (χ0) is 20.1. The van der Waals surface area contributed by atoms with Gasteiger partial charge in [0.15, 0.2) is 11.5 Å². The van der Waals surface area contributed by atoms with Crippen LogP contribution < -0.4 is 9.47 Å². The smallest absolute Gasteiger partial charge is 0.175 e. The summed E-state index contributed by atoms with van der Waals surface area (Å²) in [6.45, 7) is 4.53. The molecule has 0 aliphatic rings. The van der Waals surface area contributed by atoms with Crippen LogP contribution >= 0.6 is 27.5 Å². The molecule has 0 N–H and O–H groups in total. The number of rotatable bonds is 6. The van der Waals surface area contributed by atoms with Gasteiger partial charge in [0.2, 0.25) is 0 Å². The SMILES string of the molecule is COc1cc(C=Nc2ccc(C)cc2C)cc(Br)c1OCc1cccc(Cl)c1. The van der Waals surface area contributed by atoms with Crippen LogP contribution in [0, 0.1) is 13.8 Å². The molecule has 0 heterocycles. The fraction of sp³-hybridized carbons (Fsp3) is 0.174. The Morgan fingerprint density at radius 1 is 1.07 bits per heavy atom. The van der Waals surface area contributed by atoms with Crippen molar-refractivity contribution in [3.05, 3.63) is 86.3 Å². The Labute approximate surface area is 179 Å². The van der Waals surface area contributed by atoms with Crippen LogP contribution in [-0.2, 0) is 6.61 Å². The number of benzene rings is 3. The summed E-state index contributed by atoms with van der Waals surface area (Å²) in [5, 5.41) is 0.685. The van der Waals surface area contributed by atoms with E-state index in [1.807, 2.05) is 48.7 Å². The molecule has 0 unspecified atom stereocenters. The minimum absolute atomic E-state index is 0.394. The molecule has 0 saturated carbocycles. The first-order chi connectivity index (χ1) is 13.5. The number of nitrogens with zero attached hydrogens (tertiary/aromatic N) is 1. The molecule has 3 aromatic rings. The molecule has 0 aromatic heterocycles. The van der Waals surface area contributed by atoms with Crippen LogP contribution in [0.3, 0.4) is 0 Å². The van der Waals surface area contributed by atoms with Crippen LogP contribution in [-0.4, -0.2) is 13.3 Å². The summed E-state index contributed by atoms with van der Waals surface area (Å²) in [5.74, 6) is 1.28. The minimum Gasteiger partial charge on any atom is -0.493 e. The molecule has 0 amide bonds. The lowest BCUT2D eigenvalue weighted by molar-refractivity contribution is 0.282. The third-order valence-electron chi connectivity index (χ3n) is 4.23. The average molecular weight is 459 g/mol. The van der Waals surface area contributed by atoms with Gasteiger partial charge in [0, 0.05) is 11.2 Å². The van der Waals surface area contributed by atoms with Gasteiger partial charge in [0.1, 0.15) is 6.61 Å². The van der Waals surface area contributed by atoms with Gasteiger partial charge in [0.25, 0.3) is 0 Å². The highest BCUT2D eigenvalue weighted by Gasteiger charge is 2.12. The third-order valence-corrected chi connectivity index (χ3v) is 5.05. The zero-order valence-corrected chi connectivity index (χ0v) is 18.3. The molecule has 0 fully saturated rings. The summed E-state index contributed by atoms with van der Waals surface area (Å²) in [6.07, 6.45) is 1.83. The predicted octanol–water partition coefficient (Wildman–Crippen LogP) is 7.06. The Hall–Kier alpha value is -2.30. The predicted molar refractivity (Wildman–Crippen MR) is 120 cm³/mol. The van der Waals surface area contributed by atoms with Gasteiger partial charge in [-0.2, -0.15) is 0 Å². The highest BCUT2D eigenvalue weighted by Crippen LogP contribution is 2.37. The summed E-state index contributed by atoms with van der Waals surface area (Å²) < 4.78 is 12.3. The van der Waals surface area contributed by atoms with E-state index in [0.29, 0.717) is 23.1 Å². The van der Waals surface area contributed by atoms with Crippen LogP contribution in [0.25, 0.3) is 0 Å². The first-order valence-corrected chi connectivity index (χ1v) is 9.99. The van der Waals surface area contributed by atoms with E-state index in [-0.39, 0.29) is 0 Å². The lowest BCUT2D eigenvalue weighted by Gasteiger charge is -2.13. The summed E-state index contributed by atoms with van der Waals surface area (Å²) >= 11 is 9.62. The standard InChI is InChI=1S/C23H21BrClNO2/c1-15-7-8-21(16(2)9-15)26-13-18-11-20(24)23(22(12-18)27-3)28-14-17-5-4-6-19(25)10-17/h4-13H,14H2,1-3H3. The molecule has 0 aliphatic carbocycles. The lowest BCUT2D eigenvalue weighted by Crippen LogP contribution is -1.99. The maximum Gasteiger partial charge on any atom is 0.175 e. The summed E-state index contributed by atoms with van der Waals surface area (Å²) in [4.78, 5) is 4.61. The number of halogens is 2. The second-order valence-electron chi connectivity index (χ2n) is 6.50. The molecule has 144 valence electrons. The first kappa shape index (κ1) is 20.4. The topological polar surface area (TPSA) is 30.8 Å². The number of aliphatic imine (C=N–C) groups is 1. The molecule has 28 heavy (non-hydrogen) atoms. The highest BCUT2D eigenvalue weighted by molar-refractivity contribution is 9.10. The number of hydrogen-bond acceptors (Lipinski definition) is 3. The summed E-state index contributed by atoms with van der Waals surface area (Å²) in [7, 11) is 1.62. The van der Waals surface area contributed by atoms with Gasteiger partial charge in [-0.05, 0) is 76.8 Å². The van der Waals surface area contributed by atoms with Crippen LogP contribution in [0.4, 0.5) is 5.69 Å². The van der Waals surface area contributed by atoms with E-state index in [1.165, 1.54) is 5.56 Å². The van der Waals surface area contributed by atoms with Crippen molar-refractivity contribution in [2.75, 3.05) is 7.11 Å². The summed E-state index contributed by atoms with van der Waals surface area (Å²) in [5.41, 5.74) is 5.22. The van der Waals surface area contributed by atoms with Crippen LogP contribution in [0.2, 0.25) is 5.02 Å². The van der Waals surface area contributed by atoms with Crippen molar-refractivity contribution in [2.24, 2.45) is 4.99 Å². The van der Waals surface area contributed by atoms with Crippen molar-refractivity contribution in [2.45, 2.75) is 20.5 Å². The van der Waals surface area contributed by atoms with Gasteiger partial charge in [-0.25, -0.2) is 0 Å². The van der Waals surface area contributed by atoms with Crippen LogP contribution in [0.15, 0.2) is 64.1 Å². The number of hydrogen-bond donors (Lipinski definition) is 0. The molecule has 0 bridgehead atoms. The van der Waals surface area contributed by atoms with Gasteiger partial charge >= 0.3 is 0 Å². The number of aryl methyl sites for hydroxylation is 2. The first-order valence-electron chi connectivity index (χ1n) is 8.82. The summed E-state index contributed by atoms with van der Waals surface area (Å²) in [6, 6.07) is 17.7. The van der Waals surface area contributed by atoms with Gasteiger partial charge in [-0.3, -0.25) is 4.99 Å². The van der Waals surface area contributed by atoms with Crippen molar-refractivity contribution < 1.29 is 9.47 Å². The average Bonchev–Trinajstić information content (AvgIpc) is 2.66. The van der Waals surface area contributed by atoms with Crippen molar-refractivity contribution in [1.29, 1.82) is 0 Å². The van der Waals surface area contributed by atoms with Crippen LogP contribution in [0.5, 0.6) is 11.5 Å². The minimum atomic E-state index is 0.394. The van der Waals surface area contributed by atoms with Crippen LogP contribution in [0.1, 0.15) is 22.3 Å². The molecule has 3 nitrogen and oxygen atoms in total. The van der Waals surface area contributed by atoms with E-state index in [0.717, 1.165) is 26.9 Å². The molecule has 3 rings (SSSR count). The van der Waals surface area contributed by atoms with E-state index in [1.54, 1.807) is 7.11 Å². The molecule has 0 spiro atoms. The molecule has 0 aliphatic heterocycles. The molecular weight excluding hydrogens is 438 g/mol. The second-order valence-corrected chi connectivity index (χ2v) is 7.79. The quantitative estimate of drug-likeness (QED) is 0.370. The van der Waals surface area contributed by atoms with Gasteiger partial charge < -0.3 is 9.47 Å². The zero-order valence-electron chi connectivity index (χ0n) is 16.0. The van der Waals surface area contributed by atoms with E-state index in [9.17, 15) is 0 Å². The normalized spacial score (nSPS) is 11.0. The fourth-order valence-corrected chi connectivity index (χ4v) is 3.62. The highest BCUT2D eigenvalue weighted by atomic mass is 79.9. The van der Waals surface area contributed by atoms with Gasteiger partial charge in [-0.15, -0.1) is 0 Å². The lowest BCUT2D eigenvalue weighted by atomic mass is 10.1. The fourth-order valence-electron chi connectivity index (χ4n) is 2.83. The third kappa shape index (κ3) is 5.15. The number of methoxy groups -OCH3 is 1. The molecule has 0 radical (unpaired) electrons. The van der Waals surface area contributed by atoms with E-state index >= 15 is 0 Å². The Balaban J connectivity index is 1.81. The molecule has 0 saturated heterocycles. The molecular formula is C23H21BrClNO2. The number of ether oxygens (including phenoxy) is 2. The van der Waals surface area contributed by atoms with E-state index in [4.69, 9.17) is 21.1 Å². The Morgan fingerprint density at radius 3 is 2.61 bits per heavy atom. The maximum absolute atomic E-state index is 6.04. The van der Waals surface area contributed by atoms with E-state index in [2.05, 4.69) is 46.9 Å². The van der Waals surface area contributed by atoms with Gasteiger partial charge in [-0.1, -0.05) is 41.4 Å². The van der Waals surface area contributed by atoms with E-state index < -0.39 is 0 Å². The second kappa shape index (κ2) is 9.26. The largest absolute Gasteiger partial charge is 0.493 e. The molecule has 5 heteroatoms. The Morgan fingerprint density at radius 2 is 1.89 bits per heavy atom. The van der Waals surface area contributed by atoms with Crippen molar-refractivity contribution in [1.82, 2.24) is 0 Å². The van der Waals surface area contributed by atoms with Crippen molar-refractivity contribution >= 4 is 39.4 Å². The molecule has 3 aromatic carbocycles.